The van der Waals surface area contributed by atoms with Gasteiger partial charge in [-0.15, -0.1) is 0 Å². The second-order valence-corrected chi connectivity index (χ2v) is 5.08. The van der Waals surface area contributed by atoms with Gasteiger partial charge in [-0.1, -0.05) is 6.07 Å². The number of hydrogen-bond acceptors (Lipinski definition) is 4. The Bertz CT molecular complexity index is 771. The van der Waals surface area contributed by atoms with Crippen molar-refractivity contribution in [3.63, 3.8) is 0 Å². The number of benzene rings is 2. The molecule has 5 nitrogen and oxygen atoms in total. The van der Waals surface area contributed by atoms with Crippen LogP contribution in [0.15, 0.2) is 42.5 Å². The molecule has 0 aromatic heterocycles. The summed E-state index contributed by atoms with van der Waals surface area (Å²) in [4.78, 5) is 11.9. The minimum absolute atomic E-state index is 0.366. The summed E-state index contributed by atoms with van der Waals surface area (Å²) < 4.78 is 29.5. The van der Waals surface area contributed by atoms with E-state index >= 15 is 0 Å². The third-order valence-corrected chi connectivity index (χ3v) is 3.37. The molecule has 0 saturated carbocycles. The number of ether oxygens (including phenoxy) is 3. The molecule has 0 bridgehead atoms. The van der Waals surface area contributed by atoms with E-state index in [9.17, 15) is 9.18 Å². The highest BCUT2D eigenvalue weighted by Gasteiger charge is 2.17. The van der Waals surface area contributed by atoms with E-state index in [1.54, 1.807) is 24.3 Å². The van der Waals surface area contributed by atoms with Crippen molar-refractivity contribution in [3.8, 4) is 17.2 Å². The number of nitrogens with one attached hydrogen (secondary N) is 1. The Kier molecular flexibility index (Phi) is 4.65. The predicted molar refractivity (Wildman–Crippen MR) is 88.0 cm³/mol. The third kappa shape index (κ3) is 3.65. The van der Waals surface area contributed by atoms with Gasteiger partial charge in [0.05, 0.1) is 7.11 Å². The predicted octanol–water partition coefficient (Wildman–Crippen LogP) is 3.26. The maximum absolute atomic E-state index is 13.1. The van der Waals surface area contributed by atoms with Gasteiger partial charge >= 0.3 is 0 Å². The zero-order valence-corrected chi connectivity index (χ0v) is 13.0. The van der Waals surface area contributed by atoms with E-state index in [2.05, 4.69) is 5.32 Å². The molecule has 6 heteroatoms. The van der Waals surface area contributed by atoms with E-state index in [1.165, 1.54) is 31.4 Å². The summed E-state index contributed by atoms with van der Waals surface area (Å²) in [5, 5.41) is 2.59. The Hall–Kier alpha value is -3.02. The molecule has 1 aliphatic rings. The fraction of sp³-hybridized carbons (Fsp3) is 0.167. The largest absolute Gasteiger partial charge is 0.493 e. The molecule has 1 amide bonds. The Morgan fingerprint density at radius 3 is 2.88 bits per heavy atom. The van der Waals surface area contributed by atoms with Gasteiger partial charge in [0.25, 0.3) is 0 Å². The smallest absolute Gasteiger partial charge is 0.248 e. The number of methoxy groups -OCH3 is 1. The minimum Gasteiger partial charge on any atom is -0.493 e. The molecule has 0 atom stereocenters. The molecule has 0 fully saturated rings. The SMILES string of the molecule is COc1cc(/C=C/C(=O)Nc2cccc(F)c2)cc2c1OCCO2. The number of amides is 1. The molecular formula is C18H16FNO4. The molecule has 24 heavy (non-hydrogen) atoms. The van der Waals surface area contributed by atoms with Crippen LogP contribution in [0.5, 0.6) is 17.2 Å². The minimum atomic E-state index is -0.409. The van der Waals surface area contributed by atoms with Gasteiger partial charge in [-0.25, -0.2) is 4.39 Å². The lowest BCUT2D eigenvalue weighted by atomic mass is 10.1. The van der Waals surface area contributed by atoms with Crippen LogP contribution in [0, 0.1) is 5.82 Å². The first kappa shape index (κ1) is 15.9. The van der Waals surface area contributed by atoms with Crippen LogP contribution in [0.25, 0.3) is 6.08 Å². The molecule has 3 rings (SSSR count). The highest BCUT2D eigenvalue weighted by Crippen LogP contribution is 2.40. The number of halogens is 1. The van der Waals surface area contributed by atoms with Crippen LogP contribution >= 0.6 is 0 Å². The van der Waals surface area contributed by atoms with Gasteiger partial charge in [0.1, 0.15) is 19.0 Å². The fourth-order valence-corrected chi connectivity index (χ4v) is 2.31. The average Bonchev–Trinajstić information content (AvgIpc) is 2.59. The molecule has 0 aliphatic carbocycles. The lowest BCUT2D eigenvalue weighted by Crippen LogP contribution is -2.16. The van der Waals surface area contributed by atoms with Crippen LogP contribution in [-0.4, -0.2) is 26.2 Å². The van der Waals surface area contributed by atoms with Crippen LogP contribution < -0.4 is 19.5 Å². The molecule has 1 heterocycles. The van der Waals surface area contributed by atoms with Crippen molar-refractivity contribution in [2.24, 2.45) is 0 Å². The van der Waals surface area contributed by atoms with Gasteiger partial charge in [0.15, 0.2) is 11.5 Å². The molecule has 2 aromatic rings. The van der Waals surface area contributed by atoms with Crippen molar-refractivity contribution >= 4 is 17.7 Å². The Morgan fingerprint density at radius 2 is 2.08 bits per heavy atom. The molecule has 0 spiro atoms. The summed E-state index contributed by atoms with van der Waals surface area (Å²) in [5.41, 5.74) is 1.12. The van der Waals surface area contributed by atoms with Crippen LogP contribution in [0.2, 0.25) is 0 Å². The highest BCUT2D eigenvalue weighted by atomic mass is 19.1. The second kappa shape index (κ2) is 7.04. The Balaban J connectivity index is 1.75. The van der Waals surface area contributed by atoms with Gasteiger partial charge in [-0.3, -0.25) is 4.79 Å². The number of carbonyl (C=O) groups is 1. The molecule has 1 aliphatic heterocycles. The lowest BCUT2D eigenvalue weighted by Gasteiger charge is -2.20. The third-order valence-electron chi connectivity index (χ3n) is 3.37. The van der Waals surface area contributed by atoms with Gasteiger partial charge in [-0.05, 0) is 42.0 Å². The molecule has 0 saturated heterocycles. The first-order chi connectivity index (χ1) is 11.7. The molecule has 2 aromatic carbocycles. The summed E-state index contributed by atoms with van der Waals surface area (Å²) in [5.74, 6) is 0.899. The van der Waals surface area contributed by atoms with Gasteiger partial charge in [0, 0.05) is 11.8 Å². The summed E-state index contributed by atoms with van der Waals surface area (Å²) in [6.45, 7) is 0.929. The van der Waals surface area contributed by atoms with E-state index in [4.69, 9.17) is 14.2 Å². The van der Waals surface area contributed by atoms with Gasteiger partial charge in [0.2, 0.25) is 11.7 Å². The molecule has 0 radical (unpaired) electrons. The van der Waals surface area contributed by atoms with Crippen molar-refractivity contribution < 1.29 is 23.4 Å². The van der Waals surface area contributed by atoms with Crippen LogP contribution in [0.4, 0.5) is 10.1 Å². The van der Waals surface area contributed by atoms with E-state index in [-0.39, 0.29) is 5.91 Å². The number of hydrogen-bond donors (Lipinski definition) is 1. The van der Waals surface area contributed by atoms with Crippen LogP contribution in [0.3, 0.4) is 0 Å². The Morgan fingerprint density at radius 1 is 1.25 bits per heavy atom. The molecular weight excluding hydrogens is 313 g/mol. The molecule has 1 N–H and O–H groups in total. The van der Waals surface area contributed by atoms with Crippen molar-refractivity contribution in [1.82, 2.24) is 0 Å². The first-order valence-electron chi connectivity index (χ1n) is 7.38. The summed E-state index contributed by atoms with van der Waals surface area (Å²) in [7, 11) is 1.54. The number of carbonyl (C=O) groups excluding carboxylic acids is 1. The van der Waals surface area contributed by atoms with Crippen molar-refractivity contribution in [1.29, 1.82) is 0 Å². The average molecular weight is 329 g/mol. The fourth-order valence-electron chi connectivity index (χ4n) is 2.31. The topological polar surface area (TPSA) is 56.8 Å². The summed E-state index contributed by atoms with van der Waals surface area (Å²) >= 11 is 0. The maximum Gasteiger partial charge on any atom is 0.248 e. The second-order valence-electron chi connectivity index (χ2n) is 5.08. The molecule has 124 valence electrons. The number of anilines is 1. The lowest BCUT2D eigenvalue weighted by molar-refractivity contribution is -0.111. The van der Waals surface area contributed by atoms with Crippen LogP contribution in [0.1, 0.15) is 5.56 Å². The van der Waals surface area contributed by atoms with Crippen molar-refractivity contribution in [3.05, 3.63) is 53.9 Å². The van der Waals surface area contributed by atoms with E-state index in [0.29, 0.717) is 36.1 Å². The van der Waals surface area contributed by atoms with Crippen molar-refractivity contribution in [2.75, 3.05) is 25.6 Å². The van der Waals surface area contributed by atoms with E-state index in [1.807, 2.05) is 0 Å². The zero-order valence-electron chi connectivity index (χ0n) is 13.0. The summed E-state index contributed by atoms with van der Waals surface area (Å²) in [6, 6.07) is 9.22. The normalized spacial score (nSPS) is 12.9. The van der Waals surface area contributed by atoms with E-state index in [0.717, 1.165) is 5.56 Å². The summed E-state index contributed by atoms with van der Waals surface area (Å²) in [6.07, 6.45) is 2.98. The number of rotatable bonds is 4. The zero-order chi connectivity index (χ0) is 16.9. The Labute approximate surface area is 138 Å². The van der Waals surface area contributed by atoms with Crippen molar-refractivity contribution in [2.45, 2.75) is 0 Å². The quantitative estimate of drug-likeness (QED) is 0.875. The van der Waals surface area contributed by atoms with Gasteiger partial charge in [-0.2, -0.15) is 0 Å². The number of fused-ring (bicyclic) bond motifs is 1. The first-order valence-corrected chi connectivity index (χ1v) is 7.38. The van der Waals surface area contributed by atoms with E-state index < -0.39 is 5.82 Å². The highest BCUT2D eigenvalue weighted by molar-refractivity contribution is 6.02. The standard InChI is InChI=1S/C18H16FNO4/c1-22-15-9-12(10-16-18(15)24-8-7-23-16)5-6-17(21)20-14-4-2-3-13(19)11-14/h2-6,9-11H,7-8H2,1H3,(H,20,21)/b6-5+. The molecule has 0 unspecified atom stereocenters. The maximum atomic E-state index is 13.1. The van der Waals surface area contributed by atoms with Crippen LogP contribution in [-0.2, 0) is 4.79 Å². The van der Waals surface area contributed by atoms with Gasteiger partial charge < -0.3 is 19.5 Å². The monoisotopic (exact) mass is 329 g/mol.